The summed E-state index contributed by atoms with van der Waals surface area (Å²) in [5, 5.41) is 7.91. The highest BCUT2D eigenvalue weighted by molar-refractivity contribution is 5.03. The number of aromatic nitrogens is 2. The molecule has 0 bridgehead atoms. The SMILES string of the molecule is CCCCCC(CCc1cnn(C)c1)NCCC. The standard InChI is InChI=1S/C15H29N3/c1-4-6-7-8-15(16-11-5-2)10-9-14-12-17-18(3)13-14/h12-13,15-16H,4-11H2,1-3H3. The second-order valence-electron chi connectivity index (χ2n) is 5.21. The lowest BCUT2D eigenvalue weighted by molar-refractivity contribution is 0.435. The van der Waals surface area contributed by atoms with Crippen LogP contribution in [0, 0.1) is 0 Å². The van der Waals surface area contributed by atoms with Gasteiger partial charge in [-0.05, 0) is 37.8 Å². The molecule has 0 amide bonds. The summed E-state index contributed by atoms with van der Waals surface area (Å²) in [6, 6.07) is 0.678. The molecule has 3 heteroatoms. The highest BCUT2D eigenvalue weighted by Crippen LogP contribution is 2.10. The molecule has 0 spiro atoms. The molecule has 1 rings (SSSR count). The molecule has 0 saturated carbocycles. The van der Waals surface area contributed by atoms with E-state index in [2.05, 4.69) is 30.5 Å². The van der Waals surface area contributed by atoms with Gasteiger partial charge in [0.05, 0.1) is 6.20 Å². The monoisotopic (exact) mass is 251 g/mol. The summed E-state index contributed by atoms with van der Waals surface area (Å²) in [5.74, 6) is 0. The molecule has 1 N–H and O–H groups in total. The average Bonchev–Trinajstić information content (AvgIpc) is 2.78. The molecule has 0 fully saturated rings. The van der Waals surface area contributed by atoms with Gasteiger partial charge in [-0.25, -0.2) is 0 Å². The topological polar surface area (TPSA) is 29.9 Å². The minimum absolute atomic E-state index is 0.678. The van der Waals surface area contributed by atoms with E-state index in [1.165, 1.54) is 44.1 Å². The first-order valence-corrected chi connectivity index (χ1v) is 7.47. The van der Waals surface area contributed by atoms with Crippen molar-refractivity contribution in [3.05, 3.63) is 18.0 Å². The Morgan fingerprint density at radius 1 is 1.22 bits per heavy atom. The van der Waals surface area contributed by atoms with Crippen LogP contribution >= 0.6 is 0 Å². The quantitative estimate of drug-likeness (QED) is 0.647. The predicted molar refractivity (Wildman–Crippen MR) is 77.8 cm³/mol. The number of aryl methyl sites for hydroxylation is 2. The second kappa shape index (κ2) is 9.15. The summed E-state index contributed by atoms with van der Waals surface area (Å²) < 4.78 is 1.89. The van der Waals surface area contributed by atoms with Crippen molar-refractivity contribution in [1.29, 1.82) is 0 Å². The fourth-order valence-electron chi connectivity index (χ4n) is 2.28. The summed E-state index contributed by atoms with van der Waals surface area (Å²) in [6.45, 7) is 5.64. The first-order valence-electron chi connectivity index (χ1n) is 7.47. The smallest absolute Gasteiger partial charge is 0.0521 e. The van der Waals surface area contributed by atoms with Gasteiger partial charge in [-0.3, -0.25) is 4.68 Å². The Kier molecular flexibility index (Phi) is 7.74. The van der Waals surface area contributed by atoms with Gasteiger partial charge in [0, 0.05) is 19.3 Å². The van der Waals surface area contributed by atoms with E-state index in [1.54, 1.807) is 0 Å². The summed E-state index contributed by atoms with van der Waals surface area (Å²) in [5.41, 5.74) is 1.36. The van der Waals surface area contributed by atoms with Crippen molar-refractivity contribution in [2.45, 2.75) is 64.8 Å². The summed E-state index contributed by atoms with van der Waals surface area (Å²) in [6.07, 6.45) is 13.0. The van der Waals surface area contributed by atoms with Crippen LogP contribution in [0.15, 0.2) is 12.4 Å². The lowest BCUT2D eigenvalue weighted by Gasteiger charge is -2.18. The van der Waals surface area contributed by atoms with Crippen LogP contribution in [-0.4, -0.2) is 22.4 Å². The molecule has 104 valence electrons. The molecule has 1 unspecified atom stereocenters. The highest BCUT2D eigenvalue weighted by atomic mass is 15.2. The van der Waals surface area contributed by atoms with Crippen LogP contribution in [0.1, 0.15) is 57.9 Å². The molecule has 0 aliphatic heterocycles. The van der Waals surface area contributed by atoms with E-state index < -0.39 is 0 Å². The third kappa shape index (κ3) is 6.20. The molecule has 18 heavy (non-hydrogen) atoms. The van der Waals surface area contributed by atoms with Crippen LogP contribution in [0.25, 0.3) is 0 Å². The molecule has 0 radical (unpaired) electrons. The third-order valence-electron chi connectivity index (χ3n) is 3.38. The average molecular weight is 251 g/mol. The highest BCUT2D eigenvalue weighted by Gasteiger charge is 2.08. The fraction of sp³-hybridized carbons (Fsp3) is 0.800. The van der Waals surface area contributed by atoms with E-state index in [0.717, 1.165) is 13.0 Å². The zero-order chi connectivity index (χ0) is 13.2. The van der Waals surface area contributed by atoms with Gasteiger partial charge in [-0.1, -0.05) is 33.1 Å². The van der Waals surface area contributed by atoms with E-state index in [4.69, 9.17) is 0 Å². The molecule has 3 nitrogen and oxygen atoms in total. The van der Waals surface area contributed by atoms with E-state index in [-0.39, 0.29) is 0 Å². The molecule has 1 atom stereocenters. The van der Waals surface area contributed by atoms with Gasteiger partial charge in [0.15, 0.2) is 0 Å². The van der Waals surface area contributed by atoms with Crippen LogP contribution in [0.3, 0.4) is 0 Å². The minimum atomic E-state index is 0.678. The van der Waals surface area contributed by atoms with Gasteiger partial charge in [0.1, 0.15) is 0 Å². The van der Waals surface area contributed by atoms with E-state index in [0.29, 0.717) is 6.04 Å². The largest absolute Gasteiger partial charge is 0.314 e. The van der Waals surface area contributed by atoms with Gasteiger partial charge in [0.25, 0.3) is 0 Å². The number of unbranched alkanes of at least 4 members (excludes halogenated alkanes) is 2. The predicted octanol–water partition coefficient (Wildman–Crippen LogP) is 3.30. The number of rotatable bonds is 10. The Morgan fingerprint density at radius 3 is 2.67 bits per heavy atom. The Hall–Kier alpha value is -0.830. The van der Waals surface area contributed by atoms with Crippen molar-refractivity contribution in [1.82, 2.24) is 15.1 Å². The maximum absolute atomic E-state index is 4.23. The zero-order valence-corrected chi connectivity index (χ0v) is 12.3. The van der Waals surface area contributed by atoms with Crippen LogP contribution in [0.2, 0.25) is 0 Å². The molecular formula is C15H29N3. The molecule has 0 aromatic carbocycles. The van der Waals surface area contributed by atoms with Crippen molar-refractivity contribution in [2.24, 2.45) is 7.05 Å². The number of hydrogen-bond donors (Lipinski definition) is 1. The van der Waals surface area contributed by atoms with Gasteiger partial charge in [-0.15, -0.1) is 0 Å². The Bertz CT molecular complexity index is 306. The molecular weight excluding hydrogens is 222 g/mol. The van der Waals surface area contributed by atoms with Gasteiger partial charge in [0.2, 0.25) is 0 Å². The van der Waals surface area contributed by atoms with Crippen molar-refractivity contribution < 1.29 is 0 Å². The Labute approximate surface area is 112 Å². The van der Waals surface area contributed by atoms with E-state index in [9.17, 15) is 0 Å². The van der Waals surface area contributed by atoms with Crippen LogP contribution in [0.5, 0.6) is 0 Å². The Morgan fingerprint density at radius 2 is 2.06 bits per heavy atom. The van der Waals surface area contributed by atoms with Crippen molar-refractivity contribution in [3.63, 3.8) is 0 Å². The first-order chi connectivity index (χ1) is 8.76. The van der Waals surface area contributed by atoms with Crippen molar-refractivity contribution in [3.8, 4) is 0 Å². The summed E-state index contributed by atoms with van der Waals surface area (Å²) in [4.78, 5) is 0. The number of hydrogen-bond acceptors (Lipinski definition) is 2. The van der Waals surface area contributed by atoms with Crippen LogP contribution in [0.4, 0.5) is 0 Å². The zero-order valence-electron chi connectivity index (χ0n) is 12.3. The lowest BCUT2D eigenvalue weighted by atomic mass is 10.0. The van der Waals surface area contributed by atoms with Gasteiger partial charge < -0.3 is 5.32 Å². The molecule has 1 aromatic heterocycles. The van der Waals surface area contributed by atoms with Crippen molar-refractivity contribution in [2.75, 3.05) is 6.54 Å². The molecule has 1 aromatic rings. The normalized spacial score (nSPS) is 12.8. The maximum atomic E-state index is 4.23. The summed E-state index contributed by atoms with van der Waals surface area (Å²) in [7, 11) is 1.98. The van der Waals surface area contributed by atoms with Crippen LogP contribution < -0.4 is 5.32 Å². The van der Waals surface area contributed by atoms with Gasteiger partial charge >= 0.3 is 0 Å². The lowest BCUT2D eigenvalue weighted by Crippen LogP contribution is -2.30. The van der Waals surface area contributed by atoms with E-state index >= 15 is 0 Å². The maximum Gasteiger partial charge on any atom is 0.0521 e. The molecule has 0 aliphatic carbocycles. The molecule has 1 heterocycles. The number of nitrogens with zero attached hydrogens (tertiary/aromatic N) is 2. The second-order valence-corrected chi connectivity index (χ2v) is 5.21. The fourth-order valence-corrected chi connectivity index (χ4v) is 2.28. The van der Waals surface area contributed by atoms with E-state index in [1.807, 2.05) is 17.9 Å². The first kappa shape index (κ1) is 15.2. The van der Waals surface area contributed by atoms with Crippen LogP contribution in [-0.2, 0) is 13.5 Å². The third-order valence-corrected chi connectivity index (χ3v) is 3.38. The summed E-state index contributed by atoms with van der Waals surface area (Å²) >= 11 is 0. The Balaban J connectivity index is 2.29. The molecule has 0 aliphatic rings. The minimum Gasteiger partial charge on any atom is -0.314 e. The van der Waals surface area contributed by atoms with Gasteiger partial charge in [-0.2, -0.15) is 5.10 Å². The van der Waals surface area contributed by atoms with Crippen molar-refractivity contribution >= 4 is 0 Å². The number of nitrogens with one attached hydrogen (secondary N) is 1. The molecule has 0 saturated heterocycles.